The Balaban J connectivity index is 2.28. The number of likely N-dealkylation sites (tertiary alicyclic amines) is 1. The molecule has 1 unspecified atom stereocenters. The van der Waals surface area contributed by atoms with Crippen LogP contribution in [0.5, 0.6) is 0 Å². The quantitative estimate of drug-likeness (QED) is 0.928. The summed E-state index contributed by atoms with van der Waals surface area (Å²) in [6, 6.07) is 0.167. The average molecular weight is 299 g/mol. The summed E-state index contributed by atoms with van der Waals surface area (Å²) in [6.07, 6.45) is 7.02. The highest BCUT2D eigenvalue weighted by Gasteiger charge is 2.38. The van der Waals surface area contributed by atoms with E-state index in [-0.39, 0.29) is 11.6 Å². The van der Waals surface area contributed by atoms with E-state index in [1.165, 1.54) is 38.8 Å². The number of halogens is 1. The van der Waals surface area contributed by atoms with Gasteiger partial charge in [-0.05, 0) is 46.8 Å². The highest BCUT2D eigenvalue weighted by atomic mass is 35.5. The molecule has 0 aromatic carbocycles. The van der Waals surface area contributed by atoms with Gasteiger partial charge in [0, 0.05) is 12.6 Å². The lowest BCUT2D eigenvalue weighted by molar-refractivity contribution is 0.0834. The standard InChI is InChI=1S/C15H27ClN4/c1-15(2,20-9-7-5-6-8-10-20)14(17-3)13-12(16)11-18-19(13)4/h11,14,17H,5-10H2,1-4H3. The molecular weight excluding hydrogens is 272 g/mol. The number of aryl methyl sites for hydroxylation is 1. The van der Waals surface area contributed by atoms with E-state index in [1.54, 1.807) is 6.20 Å². The Morgan fingerprint density at radius 2 is 1.85 bits per heavy atom. The van der Waals surface area contributed by atoms with Gasteiger partial charge in [-0.3, -0.25) is 9.58 Å². The van der Waals surface area contributed by atoms with Gasteiger partial charge in [0.25, 0.3) is 0 Å². The molecule has 5 heteroatoms. The molecule has 0 amide bonds. The maximum Gasteiger partial charge on any atom is 0.0834 e. The second-order valence-electron chi connectivity index (χ2n) is 6.28. The molecule has 4 nitrogen and oxygen atoms in total. The van der Waals surface area contributed by atoms with Crippen molar-refractivity contribution in [3.05, 3.63) is 16.9 Å². The molecule has 0 saturated carbocycles. The van der Waals surface area contributed by atoms with Crippen molar-refractivity contribution in [3.63, 3.8) is 0 Å². The zero-order valence-electron chi connectivity index (χ0n) is 13.1. The molecule has 2 heterocycles. The van der Waals surface area contributed by atoms with Gasteiger partial charge in [-0.15, -0.1) is 0 Å². The number of nitrogens with zero attached hydrogens (tertiary/aromatic N) is 3. The minimum Gasteiger partial charge on any atom is -0.310 e. The van der Waals surface area contributed by atoms with Crippen LogP contribution in [0.25, 0.3) is 0 Å². The minimum atomic E-state index is 0.0104. The monoisotopic (exact) mass is 298 g/mol. The number of rotatable bonds is 4. The molecule has 0 spiro atoms. The van der Waals surface area contributed by atoms with Crippen molar-refractivity contribution >= 4 is 11.6 Å². The first-order valence-electron chi connectivity index (χ1n) is 7.58. The van der Waals surface area contributed by atoms with Gasteiger partial charge in [0.2, 0.25) is 0 Å². The fraction of sp³-hybridized carbons (Fsp3) is 0.800. The number of hydrogen-bond acceptors (Lipinski definition) is 3. The Morgan fingerprint density at radius 3 is 2.30 bits per heavy atom. The van der Waals surface area contributed by atoms with E-state index in [0.717, 1.165) is 10.7 Å². The van der Waals surface area contributed by atoms with Crippen LogP contribution >= 0.6 is 11.6 Å². The SMILES string of the molecule is CNC(c1c(Cl)cnn1C)C(C)(C)N1CCCCCC1. The highest BCUT2D eigenvalue weighted by molar-refractivity contribution is 6.31. The van der Waals surface area contributed by atoms with Crippen molar-refractivity contribution in [1.82, 2.24) is 20.0 Å². The molecule has 1 aliphatic rings. The Labute approximate surface area is 127 Å². The van der Waals surface area contributed by atoms with Gasteiger partial charge in [0.05, 0.1) is 23.0 Å². The first kappa shape index (κ1) is 15.8. The highest BCUT2D eigenvalue weighted by Crippen LogP contribution is 2.35. The van der Waals surface area contributed by atoms with Gasteiger partial charge in [0.15, 0.2) is 0 Å². The van der Waals surface area contributed by atoms with Gasteiger partial charge >= 0.3 is 0 Å². The first-order valence-corrected chi connectivity index (χ1v) is 7.96. The topological polar surface area (TPSA) is 33.1 Å². The van der Waals surface area contributed by atoms with Crippen LogP contribution in [-0.4, -0.2) is 40.4 Å². The van der Waals surface area contributed by atoms with E-state index in [4.69, 9.17) is 11.6 Å². The van der Waals surface area contributed by atoms with Crippen molar-refractivity contribution in [3.8, 4) is 0 Å². The molecule has 1 atom stereocenters. The fourth-order valence-electron chi connectivity index (χ4n) is 3.40. The maximum absolute atomic E-state index is 6.35. The summed E-state index contributed by atoms with van der Waals surface area (Å²) in [6.45, 7) is 6.95. The number of hydrogen-bond donors (Lipinski definition) is 1. The smallest absolute Gasteiger partial charge is 0.0834 e. The van der Waals surface area contributed by atoms with Crippen molar-refractivity contribution in [2.24, 2.45) is 7.05 Å². The summed E-state index contributed by atoms with van der Waals surface area (Å²) < 4.78 is 1.89. The number of aromatic nitrogens is 2. The van der Waals surface area contributed by atoms with Gasteiger partial charge in [0.1, 0.15) is 0 Å². The van der Waals surface area contributed by atoms with Crippen LogP contribution in [0.15, 0.2) is 6.20 Å². The maximum atomic E-state index is 6.35. The molecule has 1 fully saturated rings. The van der Waals surface area contributed by atoms with Crippen LogP contribution in [0.3, 0.4) is 0 Å². The molecule has 1 aliphatic heterocycles. The Hall–Kier alpha value is -0.580. The molecule has 0 aliphatic carbocycles. The van der Waals surface area contributed by atoms with Gasteiger partial charge in [-0.2, -0.15) is 5.10 Å². The molecule has 1 aromatic rings. The van der Waals surface area contributed by atoms with E-state index in [0.29, 0.717) is 0 Å². The van der Waals surface area contributed by atoms with Crippen LogP contribution in [0, 0.1) is 0 Å². The van der Waals surface area contributed by atoms with Gasteiger partial charge < -0.3 is 5.32 Å². The minimum absolute atomic E-state index is 0.0104. The Kier molecular flexibility index (Phi) is 5.10. The predicted molar refractivity (Wildman–Crippen MR) is 84.1 cm³/mol. The molecular formula is C15H27ClN4. The van der Waals surface area contributed by atoms with Crippen LogP contribution in [0.1, 0.15) is 51.3 Å². The molecule has 20 heavy (non-hydrogen) atoms. The lowest BCUT2D eigenvalue weighted by Crippen LogP contribution is -2.53. The second kappa shape index (κ2) is 6.46. The summed E-state index contributed by atoms with van der Waals surface area (Å²) in [5.41, 5.74) is 1.08. The summed E-state index contributed by atoms with van der Waals surface area (Å²) in [5.74, 6) is 0. The Bertz CT molecular complexity index is 414. The zero-order valence-corrected chi connectivity index (χ0v) is 13.9. The molecule has 0 radical (unpaired) electrons. The molecule has 2 rings (SSSR count). The molecule has 1 aromatic heterocycles. The van der Waals surface area contributed by atoms with Gasteiger partial charge in [-0.1, -0.05) is 24.4 Å². The van der Waals surface area contributed by atoms with Crippen molar-refractivity contribution in [2.45, 2.75) is 51.1 Å². The number of nitrogens with one attached hydrogen (secondary N) is 1. The van der Waals surface area contributed by atoms with Crippen LogP contribution in [-0.2, 0) is 7.05 Å². The third-order valence-electron chi connectivity index (χ3n) is 4.63. The van der Waals surface area contributed by atoms with Crippen LogP contribution < -0.4 is 5.32 Å². The summed E-state index contributed by atoms with van der Waals surface area (Å²) in [4.78, 5) is 2.60. The van der Waals surface area contributed by atoms with Crippen molar-refractivity contribution < 1.29 is 0 Å². The summed E-state index contributed by atoms with van der Waals surface area (Å²) in [5, 5.41) is 8.49. The van der Waals surface area contributed by atoms with Crippen molar-refractivity contribution in [1.29, 1.82) is 0 Å². The molecule has 114 valence electrons. The zero-order chi connectivity index (χ0) is 14.8. The van der Waals surface area contributed by atoms with Crippen molar-refractivity contribution in [2.75, 3.05) is 20.1 Å². The normalized spacial score (nSPS) is 19.9. The third-order valence-corrected chi connectivity index (χ3v) is 4.92. The summed E-state index contributed by atoms with van der Waals surface area (Å²) in [7, 11) is 3.97. The van der Waals surface area contributed by atoms with Crippen LogP contribution in [0.4, 0.5) is 0 Å². The van der Waals surface area contributed by atoms with E-state index < -0.39 is 0 Å². The first-order chi connectivity index (χ1) is 9.48. The van der Waals surface area contributed by atoms with Crippen LogP contribution in [0.2, 0.25) is 5.02 Å². The third kappa shape index (κ3) is 3.02. The number of likely N-dealkylation sites (N-methyl/N-ethyl adjacent to an activating group) is 1. The Morgan fingerprint density at radius 1 is 1.25 bits per heavy atom. The molecule has 1 saturated heterocycles. The lowest BCUT2D eigenvalue weighted by atomic mass is 9.89. The average Bonchev–Trinajstić information content (AvgIpc) is 2.64. The van der Waals surface area contributed by atoms with E-state index in [9.17, 15) is 0 Å². The van der Waals surface area contributed by atoms with Gasteiger partial charge in [-0.25, -0.2) is 0 Å². The largest absolute Gasteiger partial charge is 0.310 e. The summed E-state index contributed by atoms with van der Waals surface area (Å²) >= 11 is 6.35. The fourth-order valence-corrected chi connectivity index (χ4v) is 3.67. The predicted octanol–water partition coefficient (Wildman–Crippen LogP) is 2.99. The lowest BCUT2D eigenvalue weighted by Gasteiger charge is -2.44. The van der Waals surface area contributed by atoms with E-state index in [2.05, 4.69) is 29.2 Å². The molecule has 1 N–H and O–H groups in total. The second-order valence-corrected chi connectivity index (χ2v) is 6.69. The molecule has 0 bridgehead atoms. The van der Waals surface area contributed by atoms with E-state index >= 15 is 0 Å². The van der Waals surface area contributed by atoms with E-state index in [1.807, 2.05) is 18.8 Å².